The minimum absolute atomic E-state index is 0.151. The van der Waals surface area contributed by atoms with Crippen molar-refractivity contribution in [1.29, 1.82) is 5.26 Å². The number of hydrogen-bond donors (Lipinski definition) is 0. The number of thioether (sulfide) groups is 1. The van der Waals surface area contributed by atoms with Crippen molar-refractivity contribution in [2.45, 2.75) is 18.5 Å². The van der Waals surface area contributed by atoms with Crippen LogP contribution in [0.15, 0.2) is 24.3 Å². The molecule has 0 radical (unpaired) electrons. The van der Waals surface area contributed by atoms with Crippen molar-refractivity contribution < 1.29 is 4.74 Å². The van der Waals surface area contributed by atoms with E-state index >= 15 is 0 Å². The van der Waals surface area contributed by atoms with Gasteiger partial charge in [0.05, 0.1) is 17.7 Å². The maximum atomic E-state index is 8.65. The highest BCUT2D eigenvalue weighted by Gasteiger charge is 2.23. The molecule has 1 aromatic rings. The van der Waals surface area contributed by atoms with E-state index in [-0.39, 0.29) is 5.44 Å². The van der Waals surface area contributed by atoms with E-state index < -0.39 is 0 Å². The standard InChI is InChI=1S/C11H11NOS/c1-8-7-14-11(13-8)10-4-2-9(6-12)3-5-10/h2-5,8,11H,7H2,1H3/t8-,11+/m0/s1. The monoisotopic (exact) mass is 205 g/mol. The molecule has 0 aliphatic carbocycles. The van der Waals surface area contributed by atoms with Crippen LogP contribution in [-0.4, -0.2) is 11.9 Å². The summed E-state index contributed by atoms with van der Waals surface area (Å²) in [6, 6.07) is 9.71. The fourth-order valence-electron chi connectivity index (χ4n) is 1.40. The van der Waals surface area contributed by atoms with Gasteiger partial charge in [0.25, 0.3) is 0 Å². The molecule has 1 heterocycles. The number of nitrogens with zero attached hydrogens (tertiary/aromatic N) is 1. The van der Waals surface area contributed by atoms with E-state index in [0.29, 0.717) is 11.7 Å². The number of rotatable bonds is 1. The second kappa shape index (κ2) is 4.04. The van der Waals surface area contributed by atoms with Crippen molar-refractivity contribution in [2.24, 2.45) is 0 Å². The molecular formula is C11H11NOS. The molecule has 1 fully saturated rings. The lowest BCUT2D eigenvalue weighted by Crippen LogP contribution is -2.02. The van der Waals surface area contributed by atoms with Crippen LogP contribution in [-0.2, 0) is 4.74 Å². The van der Waals surface area contributed by atoms with Crippen LogP contribution in [0.4, 0.5) is 0 Å². The first-order valence-corrected chi connectivity index (χ1v) is 5.61. The smallest absolute Gasteiger partial charge is 0.128 e. The summed E-state index contributed by atoms with van der Waals surface area (Å²) in [7, 11) is 0. The van der Waals surface area contributed by atoms with Gasteiger partial charge in [-0.05, 0) is 24.6 Å². The van der Waals surface area contributed by atoms with Gasteiger partial charge in [-0.15, -0.1) is 11.8 Å². The second-order valence-electron chi connectivity index (χ2n) is 3.35. The number of ether oxygens (including phenoxy) is 1. The lowest BCUT2D eigenvalue weighted by molar-refractivity contribution is 0.0789. The zero-order valence-corrected chi connectivity index (χ0v) is 8.75. The summed E-state index contributed by atoms with van der Waals surface area (Å²) >= 11 is 1.81. The Hall–Kier alpha value is -0.980. The Balaban J connectivity index is 2.14. The van der Waals surface area contributed by atoms with E-state index in [0.717, 1.165) is 11.3 Å². The van der Waals surface area contributed by atoms with E-state index in [4.69, 9.17) is 10.00 Å². The van der Waals surface area contributed by atoms with Gasteiger partial charge in [0, 0.05) is 5.75 Å². The molecule has 0 spiro atoms. The molecule has 0 aromatic heterocycles. The summed E-state index contributed by atoms with van der Waals surface area (Å²) in [6.45, 7) is 2.08. The van der Waals surface area contributed by atoms with Crippen molar-refractivity contribution in [2.75, 3.05) is 5.75 Å². The molecule has 2 atom stereocenters. The molecule has 1 aliphatic rings. The predicted molar refractivity (Wildman–Crippen MR) is 56.9 cm³/mol. The van der Waals surface area contributed by atoms with E-state index in [1.54, 1.807) is 0 Å². The topological polar surface area (TPSA) is 33.0 Å². The van der Waals surface area contributed by atoms with Crippen molar-refractivity contribution in [3.05, 3.63) is 35.4 Å². The maximum absolute atomic E-state index is 8.65. The van der Waals surface area contributed by atoms with Gasteiger partial charge >= 0.3 is 0 Å². The third kappa shape index (κ3) is 1.92. The van der Waals surface area contributed by atoms with Crippen molar-refractivity contribution in [1.82, 2.24) is 0 Å². The molecule has 2 rings (SSSR count). The molecule has 1 saturated heterocycles. The molecule has 2 nitrogen and oxygen atoms in total. The summed E-state index contributed by atoms with van der Waals surface area (Å²) in [4.78, 5) is 0. The average molecular weight is 205 g/mol. The molecule has 72 valence electrons. The first kappa shape index (κ1) is 9.57. The van der Waals surface area contributed by atoms with E-state index in [1.165, 1.54) is 0 Å². The van der Waals surface area contributed by atoms with Gasteiger partial charge in [0.1, 0.15) is 5.44 Å². The van der Waals surface area contributed by atoms with Gasteiger partial charge < -0.3 is 4.74 Å². The zero-order valence-electron chi connectivity index (χ0n) is 7.93. The van der Waals surface area contributed by atoms with Crippen LogP contribution < -0.4 is 0 Å². The van der Waals surface area contributed by atoms with E-state index in [9.17, 15) is 0 Å². The highest BCUT2D eigenvalue weighted by atomic mass is 32.2. The van der Waals surface area contributed by atoms with E-state index in [1.807, 2.05) is 36.0 Å². The molecule has 0 saturated carbocycles. The number of benzene rings is 1. The zero-order chi connectivity index (χ0) is 9.97. The van der Waals surface area contributed by atoms with Crippen LogP contribution >= 0.6 is 11.8 Å². The first-order valence-electron chi connectivity index (χ1n) is 4.57. The SMILES string of the molecule is C[C@H]1CS[C@H](c2ccc(C#N)cc2)O1. The average Bonchev–Trinajstić information content (AvgIpc) is 2.65. The lowest BCUT2D eigenvalue weighted by atomic mass is 10.1. The molecule has 3 heteroatoms. The quantitative estimate of drug-likeness (QED) is 0.706. The Kier molecular flexibility index (Phi) is 2.76. The van der Waals surface area contributed by atoms with Gasteiger partial charge in [0.2, 0.25) is 0 Å². The van der Waals surface area contributed by atoms with Gasteiger partial charge in [-0.2, -0.15) is 5.26 Å². The van der Waals surface area contributed by atoms with E-state index in [2.05, 4.69) is 13.0 Å². The molecule has 0 amide bonds. The number of nitriles is 1. The summed E-state index contributed by atoms with van der Waals surface area (Å²) < 4.78 is 5.70. The molecular weight excluding hydrogens is 194 g/mol. The fourth-order valence-corrected chi connectivity index (χ4v) is 2.54. The molecule has 0 bridgehead atoms. The molecule has 1 aliphatic heterocycles. The van der Waals surface area contributed by atoms with Crippen molar-refractivity contribution >= 4 is 11.8 Å². The Morgan fingerprint density at radius 2 is 2.14 bits per heavy atom. The maximum Gasteiger partial charge on any atom is 0.128 e. The van der Waals surface area contributed by atoms with Crippen LogP contribution in [0.25, 0.3) is 0 Å². The Morgan fingerprint density at radius 3 is 2.64 bits per heavy atom. The van der Waals surface area contributed by atoms with Crippen molar-refractivity contribution in [3.8, 4) is 6.07 Å². The van der Waals surface area contributed by atoms with Crippen molar-refractivity contribution in [3.63, 3.8) is 0 Å². The largest absolute Gasteiger partial charge is 0.359 e. The highest BCUT2D eigenvalue weighted by Crippen LogP contribution is 2.37. The van der Waals surface area contributed by atoms with Gasteiger partial charge in [-0.25, -0.2) is 0 Å². The fraction of sp³-hybridized carbons (Fsp3) is 0.364. The normalized spacial score (nSPS) is 26.0. The van der Waals surface area contributed by atoms with Crippen LogP contribution in [0.1, 0.15) is 23.5 Å². The Labute approximate surface area is 87.9 Å². The first-order chi connectivity index (χ1) is 6.79. The molecule has 1 aromatic carbocycles. The van der Waals surface area contributed by atoms with Gasteiger partial charge in [-0.3, -0.25) is 0 Å². The summed E-state index contributed by atoms with van der Waals surface area (Å²) in [5.74, 6) is 1.05. The third-order valence-electron chi connectivity index (χ3n) is 2.15. The molecule has 14 heavy (non-hydrogen) atoms. The minimum Gasteiger partial charge on any atom is -0.359 e. The van der Waals surface area contributed by atoms with Crippen LogP contribution in [0.3, 0.4) is 0 Å². The Morgan fingerprint density at radius 1 is 1.43 bits per heavy atom. The second-order valence-corrected chi connectivity index (χ2v) is 4.44. The van der Waals surface area contributed by atoms with Gasteiger partial charge in [-0.1, -0.05) is 12.1 Å². The van der Waals surface area contributed by atoms with Crippen LogP contribution in [0.2, 0.25) is 0 Å². The summed E-state index contributed by atoms with van der Waals surface area (Å²) in [5.41, 5.74) is 2.00. The predicted octanol–water partition coefficient (Wildman–Crippen LogP) is 2.71. The summed E-state index contributed by atoms with van der Waals surface area (Å²) in [6.07, 6.45) is 0.334. The van der Waals surface area contributed by atoms with Crippen LogP contribution in [0, 0.1) is 11.3 Å². The highest BCUT2D eigenvalue weighted by molar-refractivity contribution is 7.99. The molecule has 0 unspecified atom stereocenters. The minimum atomic E-state index is 0.151. The lowest BCUT2D eigenvalue weighted by Gasteiger charge is -2.09. The van der Waals surface area contributed by atoms with Gasteiger partial charge in [0.15, 0.2) is 0 Å². The molecule has 0 N–H and O–H groups in total. The Bertz CT molecular complexity index is 355. The number of hydrogen-bond acceptors (Lipinski definition) is 3. The summed E-state index contributed by atoms with van der Waals surface area (Å²) in [5, 5.41) is 8.65. The third-order valence-corrected chi connectivity index (χ3v) is 3.50. The van der Waals surface area contributed by atoms with Crippen LogP contribution in [0.5, 0.6) is 0 Å².